The number of hydrogen-bond acceptors (Lipinski definition) is 3. The van der Waals surface area contributed by atoms with Crippen LogP contribution in [0.5, 0.6) is 0 Å². The Morgan fingerprint density at radius 1 is 1.47 bits per heavy atom. The van der Waals surface area contributed by atoms with Crippen molar-refractivity contribution in [2.45, 2.75) is 43.4 Å². The second-order valence-corrected chi connectivity index (χ2v) is 5.94. The number of aliphatic hydroxyl groups excluding tert-OH is 1. The quantitative estimate of drug-likeness (QED) is 0.751. The molecule has 0 amide bonds. The molecule has 2 rings (SSSR count). The topological polar surface area (TPSA) is 29.5 Å². The fourth-order valence-electron chi connectivity index (χ4n) is 2.93. The molecule has 1 heterocycles. The van der Waals surface area contributed by atoms with E-state index in [1.807, 2.05) is 6.92 Å². The molecule has 1 saturated carbocycles. The predicted octanol–water partition coefficient (Wildman–Crippen LogP) is 1.86. The van der Waals surface area contributed by atoms with Crippen LogP contribution < -0.4 is 0 Å². The highest BCUT2D eigenvalue weighted by Gasteiger charge is 2.48. The lowest BCUT2D eigenvalue weighted by molar-refractivity contribution is -0.0575. The molecule has 6 unspecified atom stereocenters. The van der Waals surface area contributed by atoms with Crippen LogP contribution in [0.15, 0.2) is 0 Å². The van der Waals surface area contributed by atoms with Crippen molar-refractivity contribution >= 4 is 11.8 Å². The van der Waals surface area contributed by atoms with Crippen LogP contribution in [0.2, 0.25) is 0 Å². The lowest BCUT2D eigenvalue weighted by atomic mass is 9.73. The van der Waals surface area contributed by atoms with Crippen molar-refractivity contribution in [3.8, 4) is 0 Å². The Hall–Kier alpha value is 0.200. The maximum absolute atomic E-state index is 13.8. The highest BCUT2D eigenvalue weighted by Crippen LogP contribution is 2.45. The molecule has 0 radical (unpaired) electrons. The maximum Gasteiger partial charge on any atom is 0.115 e. The third kappa shape index (κ3) is 2.04. The first kappa shape index (κ1) is 11.7. The number of aliphatic hydroxyl groups is 1. The number of thioether (sulfide) groups is 1. The van der Waals surface area contributed by atoms with Gasteiger partial charge in [0, 0.05) is 24.7 Å². The summed E-state index contributed by atoms with van der Waals surface area (Å²) in [5.74, 6) is 1.30. The van der Waals surface area contributed by atoms with E-state index in [4.69, 9.17) is 4.74 Å². The maximum atomic E-state index is 13.8. The largest absolute Gasteiger partial charge is 0.393 e. The Labute approximate surface area is 94.6 Å². The SMILES string of the molecule is COC1CCSC2C(F)CC(O)C(C)C12. The van der Waals surface area contributed by atoms with Gasteiger partial charge < -0.3 is 9.84 Å². The van der Waals surface area contributed by atoms with E-state index < -0.39 is 12.3 Å². The van der Waals surface area contributed by atoms with E-state index in [0.717, 1.165) is 12.2 Å². The van der Waals surface area contributed by atoms with Crippen molar-refractivity contribution in [3.63, 3.8) is 0 Å². The van der Waals surface area contributed by atoms with Crippen LogP contribution in [-0.4, -0.2) is 41.6 Å². The first-order valence-corrected chi connectivity index (χ1v) is 6.66. The first-order chi connectivity index (χ1) is 7.15. The van der Waals surface area contributed by atoms with Crippen LogP contribution in [-0.2, 0) is 4.74 Å². The van der Waals surface area contributed by atoms with Gasteiger partial charge in [0.25, 0.3) is 0 Å². The van der Waals surface area contributed by atoms with Gasteiger partial charge >= 0.3 is 0 Å². The molecule has 0 aromatic heterocycles. The third-order valence-corrected chi connectivity index (χ3v) is 5.33. The summed E-state index contributed by atoms with van der Waals surface area (Å²) in [5, 5.41) is 9.83. The molecule has 0 spiro atoms. The van der Waals surface area contributed by atoms with E-state index >= 15 is 0 Å². The Morgan fingerprint density at radius 2 is 2.20 bits per heavy atom. The van der Waals surface area contributed by atoms with Gasteiger partial charge in [-0.1, -0.05) is 6.92 Å². The lowest BCUT2D eigenvalue weighted by Gasteiger charge is -2.47. The third-order valence-electron chi connectivity index (χ3n) is 3.86. The molecule has 6 atom stereocenters. The van der Waals surface area contributed by atoms with E-state index in [2.05, 4.69) is 0 Å². The minimum absolute atomic E-state index is 0.0297. The summed E-state index contributed by atoms with van der Waals surface area (Å²) in [4.78, 5) is 0. The van der Waals surface area contributed by atoms with Crippen LogP contribution in [0.1, 0.15) is 19.8 Å². The van der Waals surface area contributed by atoms with Crippen molar-refractivity contribution in [2.75, 3.05) is 12.9 Å². The van der Waals surface area contributed by atoms with E-state index in [1.165, 1.54) is 0 Å². The summed E-state index contributed by atoms with van der Waals surface area (Å²) in [6, 6.07) is 0. The summed E-state index contributed by atoms with van der Waals surface area (Å²) in [7, 11) is 1.69. The van der Waals surface area contributed by atoms with Crippen LogP contribution in [0.4, 0.5) is 4.39 Å². The van der Waals surface area contributed by atoms with Crippen LogP contribution in [0, 0.1) is 11.8 Å². The Balaban J connectivity index is 2.17. The molecule has 1 saturated heterocycles. The van der Waals surface area contributed by atoms with Gasteiger partial charge in [0.1, 0.15) is 6.17 Å². The Kier molecular flexibility index (Phi) is 3.58. The summed E-state index contributed by atoms with van der Waals surface area (Å²) >= 11 is 1.71. The van der Waals surface area contributed by atoms with Crippen LogP contribution in [0.3, 0.4) is 0 Å². The van der Waals surface area contributed by atoms with Crippen LogP contribution in [0.25, 0.3) is 0 Å². The fraction of sp³-hybridized carbons (Fsp3) is 1.00. The zero-order valence-electron chi connectivity index (χ0n) is 9.23. The highest BCUT2D eigenvalue weighted by atomic mass is 32.2. The minimum Gasteiger partial charge on any atom is -0.393 e. The fourth-order valence-corrected chi connectivity index (χ4v) is 4.54. The predicted molar refractivity (Wildman–Crippen MR) is 59.8 cm³/mol. The second-order valence-electron chi connectivity index (χ2n) is 4.65. The number of methoxy groups -OCH3 is 1. The first-order valence-electron chi connectivity index (χ1n) is 5.61. The molecule has 1 N–H and O–H groups in total. The highest BCUT2D eigenvalue weighted by molar-refractivity contribution is 8.00. The van der Waals surface area contributed by atoms with Crippen molar-refractivity contribution in [1.82, 2.24) is 0 Å². The molecule has 88 valence electrons. The van der Waals surface area contributed by atoms with Gasteiger partial charge in [-0.2, -0.15) is 11.8 Å². The van der Waals surface area contributed by atoms with Gasteiger partial charge in [-0.25, -0.2) is 4.39 Å². The van der Waals surface area contributed by atoms with Crippen molar-refractivity contribution in [1.29, 1.82) is 0 Å². The summed E-state index contributed by atoms with van der Waals surface area (Å²) in [6.45, 7) is 2.02. The molecule has 2 aliphatic rings. The average molecular weight is 234 g/mol. The van der Waals surface area contributed by atoms with Gasteiger partial charge in [-0.15, -0.1) is 0 Å². The molecular formula is C11H19FO2S. The van der Waals surface area contributed by atoms with Crippen LogP contribution >= 0.6 is 11.8 Å². The molecule has 1 aliphatic heterocycles. The molecular weight excluding hydrogens is 215 g/mol. The van der Waals surface area contributed by atoms with Crippen molar-refractivity contribution in [2.24, 2.45) is 11.8 Å². The van der Waals surface area contributed by atoms with Crippen molar-refractivity contribution in [3.05, 3.63) is 0 Å². The normalized spacial score (nSPS) is 51.2. The number of fused-ring (bicyclic) bond motifs is 1. The van der Waals surface area contributed by atoms with Gasteiger partial charge in [0.2, 0.25) is 0 Å². The smallest absolute Gasteiger partial charge is 0.115 e. The van der Waals surface area contributed by atoms with E-state index in [-0.39, 0.29) is 23.2 Å². The zero-order chi connectivity index (χ0) is 11.0. The summed E-state index contributed by atoms with van der Waals surface area (Å²) in [5.41, 5.74) is 0. The van der Waals surface area contributed by atoms with E-state index in [0.29, 0.717) is 6.42 Å². The van der Waals surface area contributed by atoms with Gasteiger partial charge in [0.15, 0.2) is 0 Å². The number of rotatable bonds is 1. The number of hydrogen-bond donors (Lipinski definition) is 1. The monoisotopic (exact) mass is 234 g/mol. The lowest BCUT2D eigenvalue weighted by Crippen LogP contribution is -2.52. The molecule has 15 heavy (non-hydrogen) atoms. The average Bonchev–Trinajstić information content (AvgIpc) is 2.25. The second kappa shape index (κ2) is 4.60. The van der Waals surface area contributed by atoms with Crippen molar-refractivity contribution < 1.29 is 14.2 Å². The molecule has 4 heteroatoms. The van der Waals surface area contributed by atoms with Gasteiger partial charge in [-0.05, 0) is 18.1 Å². The molecule has 0 bridgehead atoms. The van der Waals surface area contributed by atoms with Gasteiger partial charge in [-0.3, -0.25) is 0 Å². The minimum atomic E-state index is -0.871. The summed E-state index contributed by atoms with van der Waals surface area (Å²) in [6.07, 6.45) is 0.0268. The summed E-state index contributed by atoms with van der Waals surface area (Å²) < 4.78 is 19.3. The molecule has 1 aliphatic carbocycles. The zero-order valence-corrected chi connectivity index (χ0v) is 10.0. The number of halogens is 1. The van der Waals surface area contributed by atoms with E-state index in [9.17, 15) is 9.50 Å². The molecule has 0 aromatic carbocycles. The standard InChI is InChI=1S/C11H19FO2S/c1-6-8(13)5-7(12)11-10(6)9(14-2)3-4-15-11/h6-11,13H,3-5H2,1-2H3. The molecule has 2 nitrogen and oxygen atoms in total. The van der Waals surface area contributed by atoms with E-state index in [1.54, 1.807) is 18.9 Å². The number of alkyl halides is 1. The molecule has 2 fully saturated rings. The Bertz CT molecular complexity index is 225. The molecule has 0 aromatic rings. The number of ether oxygens (including phenoxy) is 1. The van der Waals surface area contributed by atoms with Gasteiger partial charge in [0.05, 0.1) is 12.2 Å². The Morgan fingerprint density at radius 3 is 2.87 bits per heavy atom.